The first-order chi connectivity index (χ1) is 7.77. The summed E-state index contributed by atoms with van der Waals surface area (Å²) in [4.78, 5) is 2.37. The Morgan fingerprint density at radius 2 is 1.62 bits per heavy atom. The third kappa shape index (κ3) is 4.47. The molecule has 16 heavy (non-hydrogen) atoms. The second-order valence-corrected chi connectivity index (χ2v) is 5.37. The molecular formula is C12H23N3S. The molecule has 0 spiro atoms. The normalized spacial score (nSPS) is 16.3. The Hall–Kier alpha value is -0.640. The monoisotopic (exact) mass is 241 g/mol. The van der Waals surface area contributed by atoms with Gasteiger partial charge in [-0.05, 0) is 19.8 Å². The molecule has 0 amide bonds. The minimum Gasteiger partial charge on any atom is -0.347 e. The van der Waals surface area contributed by atoms with Crippen LogP contribution in [0.1, 0.15) is 51.0 Å². The van der Waals surface area contributed by atoms with Crippen molar-refractivity contribution in [1.82, 2.24) is 10.2 Å². The Labute approximate surface area is 103 Å². The van der Waals surface area contributed by atoms with Crippen molar-refractivity contribution in [2.75, 3.05) is 18.0 Å². The molecule has 1 aromatic heterocycles. The van der Waals surface area contributed by atoms with Crippen molar-refractivity contribution in [3.63, 3.8) is 0 Å². The second-order valence-electron chi connectivity index (χ2n) is 4.21. The van der Waals surface area contributed by atoms with Crippen molar-refractivity contribution in [1.29, 1.82) is 0 Å². The molecule has 2 rings (SSSR count). The fourth-order valence-corrected chi connectivity index (χ4v) is 2.42. The molecule has 0 N–H and O–H groups in total. The number of aryl methyl sites for hydroxylation is 1. The first-order valence-corrected chi connectivity index (χ1v) is 7.14. The maximum Gasteiger partial charge on any atom is 0.208 e. The Kier molecular flexibility index (Phi) is 6.38. The Morgan fingerprint density at radius 3 is 2.06 bits per heavy atom. The summed E-state index contributed by atoms with van der Waals surface area (Å²) in [6, 6.07) is 0. The van der Waals surface area contributed by atoms with Gasteiger partial charge in [-0.1, -0.05) is 44.4 Å². The maximum atomic E-state index is 4.18. The van der Waals surface area contributed by atoms with Crippen LogP contribution in [-0.2, 0) is 0 Å². The molecule has 92 valence electrons. The minimum absolute atomic E-state index is 1.07. The average molecular weight is 241 g/mol. The van der Waals surface area contributed by atoms with Crippen LogP contribution in [0.2, 0.25) is 0 Å². The van der Waals surface area contributed by atoms with Crippen LogP contribution in [0.4, 0.5) is 5.13 Å². The highest BCUT2D eigenvalue weighted by molar-refractivity contribution is 7.15. The SMILES string of the molecule is CCC.Cc1nnc(N2CCCCCC2)s1. The second kappa shape index (κ2) is 7.60. The molecule has 1 fully saturated rings. The molecule has 0 atom stereocenters. The summed E-state index contributed by atoms with van der Waals surface area (Å²) >= 11 is 1.71. The number of aromatic nitrogens is 2. The highest BCUT2D eigenvalue weighted by Crippen LogP contribution is 2.22. The first kappa shape index (κ1) is 13.4. The smallest absolute Gasteiger partial charge is 0.208 e. The highest BCUT2D eigenvalue weighted by atomic mass is 32.1. The van der Waals surface area contributed by atoms with Gasteiger partial charge in [0.1, 0.15) is 5.01 Å². The fraction of sp³-hybridized carbons (Fsp3) is 0.833. The maximum absolute atomic E-state index is 4.18. The van der Waals surface area contributed by atoms with Gasteiger partial charge in [0.2, 0.25) is 5.13 Å². The zero-order chi connectivity index (χ0) is 11.8. The lowest BCUT2D eigenvalue weighted by Crippen LogP contribution is -2.23. The molecule has 3 nitrogen and oxygen atoms in total. The number of anilines is 1. The lowest BCUT2D eigenvalue weighted by Gasteiger charge is -2.17. The Morgan fingerprint density at radius 1 is 1.06 bits per heavy atom. The fourth-order valence-electron chi connectivity index (χ4n) is 1.68. The van der Waals surface area contributed by atoms with Crippen LogP contribution in [0.3, 0.4) is 0 Å². The van der Waals surface area contributed by atoms with E-state index >= 15 is 0 Å². The first-order valence-electron chi connectivity index (χ1n) is 6.33. The van der Waals surface area contributed by atoms with Crippen LogP contribution in [0.15, 0.2) is 0 Å². The number of rotatable bonds is 1. The molecule has 2 heterocycles. The average Bonchev–Trinajstić information content (AvgIpc) is 2.55. The molecule has 1 aromatic rings. The van der Waals surface area contributed by atoms with Gasteiger partial charge in [-0.15, -0.1) is 10.2 Å². The molecular weight excluding hydrogens is 218 g/mol. The third-order valence-corrected chi connectivity index (χ3v) is 3.29. The van der Waals surface area contributed by atoms with Crippen molar-refractivity contribution in [2.24, 2.45) is 0 Å². The number of nitrogens with zero attached hydrogens (tertiary/aromatic N) is 3. The van der Waals surface area contributed by atoms with E-state index in [2.05, 4.69) is 28.9 Å². The molecule has 0 radical (unpaired) electrons. The standard InChI is InChI=1S/C9H15N3S.C3H8/c1-8-10-11-9(13-8)12-6-4-2-3-5-7-12;1-3-2/h2-7H2,1H3;3H2,1-2H3. The highest BCUT2D eigenvalue weighted by Gasteiger charge is 2.12. The van der Waals surface area contributed by atoms with Crippen molar-refractivity contribution >= 4 is 16.5 Å². The predicted octanol–water partition coefficient (Wildman–Crippen LogP) is 3.64. The van der Waals surface area contributed by atoms with Crippen LogP contribution >= 0.6 is 11.3 Å². The van der Waals surface area contributed by atoms with Crippen molar-refractivity contribution in [2.45, 2.75) is 52.9 Å². The Bertz CT molecular complexity index is 278. The lowest BCUT2D eigenvalue weighted by atomic mass is 10.2. The molecule has 4 heteroatoms. The van der Waals surface area contributed by atoms with Gasteiger partial charge in [0.05, 0.1) is 0 Å². The minimum atomic E-state index is 1.07. The van der Waals surface area contributed by atoms with E-state index in [0.717, 1.165) is 23.2 Å². The predicted molar refractivity (Wildman–Crippen MR) is 71.3 cm³/mol. The van der Waals surface area contributed by atoms with Crippen LogP contribution in [0.5, 0.6) is 0 Å². The van der Waals surface area contributed by atoms with Gasteiger partial charge < -0.3 is 4.90 Å². The topological polar surface area (TPSA) is 29.0 Å². The largest absolute Gasteiger partial charge is 0.347 e. The van der Waals surface area contributed by atoms with Gasteiger partial charge in [-0.3, -0.25) is 0 Å². The van der Waals surface area contributed by atoms with Crippen LogP contribution in [0, 0.1) is 6.92 Å². The van der Waals surface area contributed by atoms with E-state index < -0.39 is 0 Å². The molecule has 0 bridgehead atoms. The van der Waals surface area contributed by atoms with Crippen molar-refractivity contribution < 1.29 is 0 Å². The van der Waals surface area contributed by atoms with E-state index in [1.807, 2.05) is 6.92 Å². The zero-order valence-corrected chi connectivity index (χ0v) is 11.5. The third-order valence-electron chi connectivity index (χ3n) is 2.39. The summed E-state index contributed by atoms with van der Waals surface area (Å²) in [5.74, 6) is 0. The molecule has 1 saturated heterocycles. The summed E-state index contributed by atoms with van der Waals surface area (Å²) in [6.45, 7) is 8.59. The Balaban J connectivity index is 0.000000386. The summed E-state index contributed by atoms with van der Waals surface area (Å²) in [7, 11) is 0. The van der Waals surface area contributed by atoms with Gasteiger partial charge in [0.25, 0.3) is 0 Å². The summed E-state index contributed by atoms with van der Waals surface area (Å²) < 4.78 is 0. The van der Waals surface area contributed by atoms with Crippen molar-refractivity contribution in [3.05, 3.63) is 5.01 Å². The lowest BCUT2D eigenvalue weighted by molar-refractivity contribution is 0.726. The van der Waals surface area contributed by atoms with E-state index in [1.165, 1.54) is 32.1 Å². The quantitative estimate of drug-likeness (QED) is 0.751. The van der Waals surface area contributed by atoms with E-state index in [1.54, 1.807) is 11.3 Å². The van der Waals surface area contributed by atoms with Crippen LogP contribution in [0.25, 0.3) is 0 Å². The van der Waals surface area contributed by atoms with Gasteiger partial charge in [0, 0.05) is 13.1 Å². The van der Waals surface area contributed by atoms with Crippen molar-refractivity contribution in [3.8, 4) is 0 Å². The molecule has 0 unspecified atom stereocenters. The van der Waals surface area contributed by atoms with Crippen LogP contribution < -0.4 is 4.90 Å². The molecule has 0 saturated carbocycles. The van der Waals surface area contributed by atoms with E-state index in [0.29, 0.717) is 0 Å². The summed E-state index contributed by atoms with van der Waals surface area (Å²) in [5, 5.41) is 10.4. The number of hydrogen-bond donors (Lipinski definition) is 0. The summed E-state index contributed by atoms with van der Waals surface area (Å²) in [5.41, 5.74) is 0. The van der Waals surface area contributed by atoms with Gasteiger partial charge >= 0.3 is 0 Å². The molecule has 0 aromatic carbocycles. The van der Waals surface area contributed by atoms with Gasteiger partial charge in [-0.25, -0.2) is 0 Å². The molecule has 1 aliphatic rings. The van der Waals surface area contributed by atoms with E-state index in [9.17, 15) is 0 Å². The number of hydrogen-bond acceptors (Lipinski definition) is 4. The zero-order valence-electron chi connectivity index (χ0n) is 10.7. The van der Waals surface area contributed by atoms with Gasteiger partial charge in [-0.2, -0.15) is 0 Å². The van der Waals surface area contributed by atoms with Crippen LogP contribution in [-0.4, -0.2) is 23.3 Å². The molecule has 0 aliphatic carbocycles. The van der Waals surface area contributed by atoms with Gasteiger partial charge in [0.15, 0.2) is 0 Å². The summed E-state index contributed by atoms with van der Waals surface area (Å²) in [6.07, 6.45) is 6.60. The van der Waals surface area contributed by atoms with E-state index in [-0.39, 0.29) is 0 Å². The van der Waals surface area contributed by atoms with E-state index in [4.69, 9.17) is 0 Å². The molecule has 1 aliphatic heterocycles.